The van der Waals surface area contributed by atoms with Crippen molar-refractivity contribution in [2.75, 3.05) is 0 Å². The Bertz CT molecular complexity index is 1180. The Morgan fingerprint density at radius 3 is 2.09 bits per heavy atom. The molecule has 168 valence electrons. The number of nitrogens with zero attached hydrogens (tertiary/aromatic N) is 2. The van der Waals surface area contributed by atoms with E-state index in [1.54, 1.807) is 42.5 Å². The zero-order chi connectivity index (χ0) is 23.4. The highest BCUT2D eigenvalue weighted by Gasteiger charge is 2.61. The summed E-state index contributed by atoms with van der Waals surface area (Å²) < 4.78 is 0. The Balaban J connectivity index is 1.56. The van der Waals surface area contributed by atoms with E-state index >= 15 is 0 Å². The van der Waals surface area contributed by atoms with E-state index in [2.05, 4.69) is 0 Å². The summed E-state index contributed by atoms with van der Waals surface area (Å²) in [5.74, 6) is -3.07. The number of hydrogen-bond donors (Lipinski definition) is 0. The van der Waals surface area contributed by atoms with E-state index in [1.165, 1.54) is 13.0 Å². The smallest absolute Gasteiger partial charge is 0.275 e. The number of benzene rings is 2. The van der Waals surface area contributed by atoms with E-state index in [4.69, 9.17) is 23.2 Å². The highest BCUT2D eigenvalue weighted by Crippen LogP contribution is 2.53. The second kappa shape index (κ2) is 8.12. The van der Waals surface area contributed by atoms with Crippen molar-refractivity contribution in [3.8, 4) is 0 Å². The van der Waals surface area contributed by atoms with Crippen LogP contribution in [0, 0.1) is 23.7 Å². The number of Topliss-reactive ketones (excluding diaryl/α,β-unsaturated/α-hetero) is 1. The summed E-state index contributed by atoms with van der Waals surface area (Å²) in [7, 11) is 0. The van der Waals surface area contributed by atoms with Crippen LogP contribution in [0.4, 0.5) is 0 Å². The van der Waals surface area contributed by atoms with Crippen molar-refractivity contribution in [3.05, 3.63) is 81.9 Å². The maximum atomic E-state index is 13.7. The van der Waals surface area contributed by atoms with Gasteiger partial charge in [0.15, 0.2) is 5.78 Å². The zero-order valence-corrected chi connectivity index (χ0v) is 19.2. The highest BCUT2D eigenvalue weighted by atomic mass is 35.5. The van der Waals surface area contributed by atoms with Gasteiger partial charge in [0.1, 0.15) is 6.04 Å². The predicted octanol–water partition coefficient (Wildman–Crippen LogP) is 4.43. The number of halogens is 2. The molecule has 2 aromatic rings. The second-order valence-corrected chi connectivity index (χ2v) is 9.51. The van der Waals surface area contributed by atoms with Crippen LogP contribution in [0.15, 0.2) is 60.7 Å². The molecular formula is C25H20Cl2N2O4. The first-order valence-corrected chi connectivity index (χ1v) is 11.5. The summed E-state index contributed by atoms with van der Waals surface area (Å²) in [6, 6.07) is 11.5. The average Bonchev–Trinajstić information content (AvgIpc) is 3.49. The highest BCUT2D eigenvalue weighted by molar-refractivity contribution is 6.34. The minimum Gasteiger partial charge on any atom is -0.292 e. The van der Waals surface area contributed by atoms with Crippen LogP contribution in [-0.4, -0.2) is 39.6 Å². The number of fused-ring (bicyclic) bond motifs is 5. The van der Waals surface area contributed by atoms with Crippen LogP contribution in [0.2, 0.25) is 10.0 Å². The SMILES string of the molecule is C[C@H](C(=O)c1ccc(Cl)cc1)N(C(=O)c1ccccc1Cl)N1C(=O)[C@@H]2[C@H](C1=O)[C@H]1C=C[C@H]2C1. The molecule has 2 bridgehead atoms. The molecule has 1 saturated carbocycles. The lowest BCUT2D eigenvalue weighted by atomic mass is 9.85. The van der Waals surface area contributed by atoms with Gasteiger partial charge in [-0.3, -0.25) is 19.2 Å². The number of amides is 3. The van der Waals surface area contributed by atoms with Crippen LogP contribution < -0.4 is 0 Å². The minimum atomic E-state index is -1.13. The number of carbonyl (C=O) groups excluding carboxylic acids is 4. The van der Waals surface area contributed by atoms with Crippen LogP contribution >= 0.6 is 23.2 Å². The maximum Gasteiger partial charge on any atom is 0.275 e. The number of allylic oxidation sites excluding steroid dienone is 2. The van der Waals surface area contributed by atoms with Gasteiger partial charge in [-0.1, -0.05) is 47.5 Å². The van der Waals surface area contributed by atoms with Crippen LogP contribution in [0.5, 0.6) is 0 Å². The molecule has 0 spiro atoms. The van der Waals surface area contributed by atoms with Crippen molar-refractivity contribution in [3.63, 3.8) is 0 Å². The molecule has 5 rings (SSSR count). The van der Waals surface area contributed by atoms with Crippen molar-refractivity contribution >= 4 is 46.7 Å². The van der Waals surface area contributed by atoms with E-state index in [0.717, 1.165) is 16.4 Å². The fraction of sp³-hybridized carbons (Fsp3) is 0.280. The lowest BCUT2D eigenvalue weighted by Crippen LogP contribution is -2.57. The van der Waals surface area contributed by atoms with Gasteiger partial charge in [0.25, 0.3) is 17.7 Å². The van der Waals surface area contributed by atoms with E-state index in [9.17, 15) is 19.2 Å². The van der Waals surface area contributed by atoms with Crippen molar-refractivity contribution < 1.29 is 19.2 Å². The molecule has 2 aliphatic carbocycles. The molecule has 3 aliphatic rings. The largest absolute Gasteiger partial charge is 0.292 e. The lowest BCUT2D eigenvalue weighted by Gasteiger charge is -2.35. The Hall–Kier alpha value is -2.96. The minimum absolute atomic E-state index is 0.0269. The van der Waals surface area contributed by atoms with Crippen molar-refractivity contribution in [2.45, 2.75) is 19.4 Å². The van der Waals surface area contributed by atoms with Crippen LogP contribution in [-0.2, 0) is 9.59 Å². The van der Waals surface area contributed by atoms with Crippen LogP contribution in [0.1, 0.15) is 34.1 Å². The number of rotatable bonds is 5. The van der Waals surface area contributed by atoms with Gasteiger partial charge in [0.05, 0.1) is 22.4 Å². The molecule has 0 aromatic heterocycles. The fourth-order valence-electron chi connectivity index (χ4n) is 5.26. The molecule has 6 nitrogen and oxygen atoms in total. The van der Waals surface area contributed by atoms with Gasteiger partial charge >= 0.3 is 0 Å². The normalized spacial score (nSPS) is 26.0. The van der Waals surface area contributed by atoms with Crippen molar-refractivity contribution in [1.29, 1.82) is 0 Å². The molecule has 0 N–H and O–H groups in total. The number of hydrogen-bond acceptors (Lipinski definition) is 4. The van der Waals surface area contributed by atoms with Gasteiger partial charge in [0.2, 0.25) is 0 Å². The van der Waals surface area contributed by atoms with Gasteiger partial charge in [-0.15, -0.1) is 0 Å². The zero-order valence-electron chi connectivity index (χ0n) is 17.7. The molecule has 0 radical (unpaired) electrons. The Kier molecular flexibility index (Phi) is 5.38. The predicted molar refractivity (Wildman–Crippen MR) is 122 cm³/mol. The standard InChI is InChI=1S/C25H20Cl2N2O4/c1-13(22(30)14-8-10-17(26)11-9-14)28(23(31)18-4-2-3-5-19(18)27)29-24(32)20-15-6-7-16(12-15)21(20)25(29)33/h2-11,13,15-16,20-21H,12H2,1H3/t13-,15+,16+,20-,21+/m1/s1. The number of ketones is 1. The molecule has 1 saturated heterocycles. The summed E-state index contributed by atoms with van der Waals surface area (Å²) in [5.41, 5.74) is 0.415. The van der Waals surface area contributed by atoms with Crippen molar-refractivity contribution in [1.82, 2.24) is 10.0 Å². The summed E-state index contributed by atoms with van der Waals surface area (Å²) >= 11 is 12.2. The first kappa shape index (κ1) is 21.9. The molecule has 3 amide bonds. The van der Waals surface area contributed by atoms with E-state index < -0.39 is 41.4 Å². The number of carbonyl (C=O) groups is 4. The molecule has 33 heavy (non-hydrogen) atoms. The first-order chi connectivity index (χ1) is 15.8. The average molecular weight is 483 g/mol. The van der Waals surface area contributed by atoms with Crippen molar-refractivity contribution in [2.24, 2.45) is 23.7 Å². The van der Waals surface area contributed by atoms with Crippen LogP contribution in [0.3, 0.4) is 0 Å². The van der Waals surface area contributed by atoms with E-state index in [1.807, 2.05) is 12.2 Å². The Morgan fingerprint density at radius 2 is 1.52 bits per heavy atom. The van der Waals surface area contributed by atoms with E-state index in [0.29, 0.717) is 10.6 Å². The van der Waals surface area contributed by atoms with Gasteiger partial charge in [-0.2, -0.15) is 5.01 Å². The molecule has 2 aromatic carbocycles. The molecule has 8 heteroatoms. The Labute approximate surface area is 200 Å². The second-order valence-electron chi connectivity index (χ2n) is 8.66. The molecule has 5 atom stereocenters. The molecular weight excluding hydrogens is 463 g/mol. The first-order valence-electron chi connectivity index (χ1n) is 10.7. The third-order valence-electron chi connectivity index (χ3n) is 6.85. The summed E-state index contributed by atoms with van der Waals surface area (Å²) in [6.07, 6.45) is 4.71. The summed E-state index contributed by atoms with van der Waals surface area (Å²) in [5, 5.41) is 2.51. The number of hydrazine groups is 1. The van der Waals surface area contributed by atoms with Gasteiger partial charge in [-0.25, -0.2) is 5.01 Å². The van der Waals surface area contributed by atoms with E-state index in [-0.39, 0.29) is 22.4 Å². The topological polar surface area (TPSA) is 74.8 Å². The van der Waals surface area contributed by atoms with Gasteiger partial charge in [0, 0.05) is 10.6 Å². The van der Waals surface area contributed by atoms with Gasteiger partial charge in [-0.05, 0) is 61.6 Å². The fourth-order valence-corrected chi connectivity index (χ4v) is 5.61. The molecule has 2 fully saturated rings. The molecule has 0 unspecified atom stereocenters. The Morgan fingerprint density at radius 1 is 0.939 bits per heavy atom. The number of imide groups is 1. The summed E-state index contributed by atoms with van der Waals surface area (Å²) in [4.78, 5) is 54.0. The molecule has 1 aliphatic heterocycles. The lowest BCUT2D eigenvalue weighted by molar-refractivity contribution is -0.157. The maximum absolute atomic E-state index is 13.7. The van der Waals surface area contributed by atoms with Crippen LogP contribution in [0.25, 0.3) is 0 Å². The third-order valence-corrected chi connectivity index (χ3v) is 7.43. The molecule has 1 heterocycles. The monoisotopic (exact) mass is 482 g/mol. The summed E-state index contributed by atoms with van der Waals surface area (Å²) in [6.45, 7) is 1.51. The quantitative estimate of drug-likeness (QED) is 0.358. The van der Waals surface area contributed by atoms with Gasteiger partial charge < -0.3 is 0 Å². The third kappa shape index (κ3) is 3.40.